The predicted molar refractivity (Wildman–Crippen MR) is 121 cm³/mol. The lowest BCUT2D eigenvalue weighted by Crippen LogP contribution is -2.39. The largest absolute Gasteiger partial charge is 0.419 e. The predicted octanol–water partition coefficient (Wildman–Crippen LogP) is 3.24. The Labute approximate surface area is 190 Å². The second kappa shape index (κ2) is 8.73. The zero-order chi connectivity index (χ0) is 22.9. The molecule has 0 N–H and O–H groups in total. The standard InChI is InChI=1S/C24H27N5O4/c1-16-19(17(2)33-26-16)15-28-14-10-25-23(28)18-7-11-27(12-8-18)22(30)9-13-29-20-5-3-4-6-21(20)32-24(29)31/h3-6,10,14,18H,7-9,11-13,15H2,1-2H3. The molecule has 1 amide bonds. The van der Waals surface area contributed by atoms with Crippen LogP contribution in [0.25, 0.3) is 11.1 Å². The van der Waals surface area contributed by atoms with Crippen LogP contribution in [0, 0.1) is 13.8 Å². The van der Waals surface area contributed by atoms with Crippen LogP contribution < -0.4 is 5.76 Å². The maximum Gasteiger partial charge on any atom is 0.419 e. The quantitative estimate of drug-likeness (QED) is 0.448. The molecule has 1 aliphatic heterocycles. The molecule has 0 radical (unpaired) electrons. The van der Waals surface area contributed by atoms with Gasteiger partial charge in [-0.3, -0.25) is 9.36 Å². The Bertz CT molecular complexity index is 1320. The minimum Gasteiger partial charge on any atom is -0.408 e. The van der Waals surface area contributed by atoms with E-state index in [0.29, 0.717) is 37.7 Å². The van der Waals surface area contributed by atoms with Gasteiger partial charge in [-0.2, -0.15) is 0 Å². The third kappa shape index (κ3) is 4.10. The SMILES string of the molecule is Cc1noc(C)c1Cn1ccnc1C1CCN(C(=O)CCn2c(=O)oc3ccccc32)CC1. The van der Waals surface area contributed by atoms with Gasteiger partial charge >= 0.3 is 5.76 Å². The fourth-order valence-electron chi connectivity index (χ4n) is 4.69. The number of oxazole rings is 1. The Morgan fingerprint density at radius 1 is 1.18 bits per heavy atom. The molecular formula is C24H27N5O4. The molecule has 0 bridgehead atoms. The van der Waals surface area contributed by atoms with Crippen LogP contribution in [0.4, 0.5) is 0 Å². The minimum atomic E-state index is -0.423. The van der Waals surface area contributed by atoms with Crippen LogP contribution in [0.1, 0.15) is 48.0 Å². The molecule has 0 saturated carbocycles. The molecular weight excluding hydrogens is 422 g/mol. The fourth-order valence-corrected chi connectivity index (χ4v) is 4.69. The van der Waals surface area contributed by atoms with E-state index in [9.17, 15) is 9.59 Å². The van der Waals surface area contributed by atoms with E-state index in [1.54, 1.807) is 6.07 Å². The molecule has 1 aliphatic rings. The van der Waals surface area contributed by atoms with Crippen molar-refractivity contribution in [2.75, 3.05) is 13.1 Å². The third-order valence-corrected chi connectivity index (χ3v) is 6.59. The monoisotopic (exact) mass is 449 g/mol. The van der Waals surface area contributed by atoms with Crippen molar-refractivity contribution in [2.45, 2.75) is 52.1 Å². The average Bonchev–Trinajstić information content (AvgIpc) is 3.51. The first-order valence-corrected chi connectivity index (χ1v) is 11.3. The van der Waals surface area contributed by atoms with Crippen molar-refractivity contribution < 1.29 is 13.7 Å². The van der Waals surface area contributed by atoms with Crippen molar-refractivity contribution >= 4 is 17.0 Å². The highest BCUT2D eigenvalue weighted by Crippen LogP contribution is 2.28. The summed E-state index contributed by atoms with van der Waals surface area (Å²) in [6.07, 6.45) is 5.82. The van der Waals surface area contributed by atoms with Crippen molar-refractivity contribution in [3.05, 3.63) is 70.1 Å². The molecule has 4 heterocycles. The van der Waals surface area contributed by atoms with Gasteiger partial charge in [0, 0.05) is 49.9 Å². The number of benzene rings is 1. The number of hydrogen-bond donors (Lipinski definition) is 0. The number of carbonyl (C=O) groups is 1. The van der Waals surface area contributed by atoms with Gasteiger partial charge in [0.25, 0.3) is 0 Å². The Balaban J connectivity index is 1.19. The van der Waals surface area contributed by atoms with Crippen molar-refractivity contribution in [1.82, 2.24) is 24.2 Å². The molecule has 172 valence electrons. The number of aromatic nitrogens is 4. The molecule has 9 heteroatoms. The molecule has 5 rings (SSSR count). The van der Waals surface area contributed by atoms with E-state index in [2.05, 4.69) is 14.7 Å². The van der Waals surface area contributed by atoms with Gasteiger partial charge < -0.3 is 18.4 Å². The first-order chi connectivity index (χ1) is 16.0. The number of amides is 1. The number of imidazole rings is 1. The summed E-state index contributed by atoms with van der Waals surface area (Å²) in [5.74, 6) is 1.80. The van der Waals surface area contributed by atoms with Crippen LogP contribution in [0.15, 0.2) is 50.4 Å². The van der Waals surface area contributed by atoms with Gasteiger partial charge in [-0.05, 0) is 38.8 Å². The first-order valence-electron chi connectivity index (χ1n) is 11.3. The molecule has 0 aliphatic carbocycles. The lowest BCUT2D eigenvalue weighted by Gasteiger charge is -2.32. The number of carbonyl (C=O) groups excluding carboxylic acids is 1. The van der Waals surface area contributed by atoms with Gasteiger partial charge in [-0.1, -0.05) is 17.3 Å². The Morgan fingerprint density at radius 3 is 2.73 bits per heavy atom. The topological polar surface area (TPSA) is 99.3 Å². The van der Waals surface area contributed by atoms with Crippen LogP contribution in [0.3, 0.4) is 0 Å². The van der Waals surface area contributed by atoms with Crippen LogP contribution in [0.5, 0.6) is 0 Å². The summed E-state index contributed by atoms with van der Waals surface area (Å²) in [5.41, 5.74) is 3.25. The number of para-hydroxylation sites is 2. The molecule has 0 unspecified atom stereocenters. The molecule has 4 aromatic rings. The van der Waals surface area contributed by atoms with E-state index in [0.717, 1.165) is 41.2 Å². The average molecular weight is 450 g/mol. The Morgan fingerprint density at radius 2 is 1.97 bits per heavy atom. The van der Waals surface area contributed by atoms with Crippen LogP contribution in [-0.2, 0) is 17.9 Å². The van der Waals surface area contributed by atoms with Gasteiger partial charge in [0.15, 0.2) is 5.58 Å². The van der Waals surface area contributed by atoms with E-state index in [4.69, 9.17) is 8.94 Å². The highest BCUT2D eigenvalue weighted by atomic mass is 16.5. The summed E-state index contributed by atoms with van der Waals surface area (Å²) in [6.45, 7) is 6.24. The van der Waals surface area contributed by atoms with E-state index in [1.165, 1.54) is 4.57 Å². The molecule has 3 aromatic heterocycles. The summed E-state index contributed by atoms with van der Waals surface area (Å²) in [4.78, 5) is 31.5. The lowest BCUT2D eigenvalue weighted by atomic mass is 9.95. The molecule has 0 atom stereocenters. The molecule has 33 heavy (non-hydrogen) atoms. The summed E-state index contributed by atoms with van der Waals surface area (Å²) >= 11 is 0. The number of nitrogens with zero attached hydrogens (tertiary/aromatic N) is 5. The Kier molecular flexibility index (Phi) is 5.62. The molecule has 9 nitrogen and oxygen atoms in total. The maximum absolute atomic E-state index is 12.8. The number of likely N-dealkylation sites (tertiary alicyclic amines) is 1. The van der Waals surface area contributed by atoms with E-state index in [1.807, 2.05) is 49.3 Å². The van der Waals surface area contributed by atoms with E-state index < -0.39 is 5.76 Å². The number of piperidine rings is 1. The number of rotatable bonds is 6. The van der Waals surface area contributed by atoms with Gasteiger partial charge in [0.2, 0.25) is 5.91 Å². The van der Waals surface area contributed by atoms with Gasteiger partial charge in [0.05, 0.1) is 17.8 Å². The van der Waals surface area contributed by atoms with Crippen molar-refractivity contribution in [3.63, 3.8) is 0 Å². The van der Waals surface area contributed by atoms with Gasteiger partial charge in [-0.15, -0.1) is 0 Å². The number of fused-ring (bicyclic) bond motifs is 1. The fraction of sp³-hybridized carbons (Fsp3) is 0.417. The number of hydrogen-bond acceptors (Lipinski definition) is 6. The summed E-state index contributed by atoms with van der Waals surface area (Å²) in [6, 6.07) is 7.27. The summed E-state index contributed by atoms with van der Waals surface area (Å²) in [5, 5.41) is 4.05. The minimum absolute atomic E-state index is 0.0599. The highest BCUT2D eigenvalue weighted by Gasteiger charge is 2.27. The third-order valence-electron chi connectivity index (χ3n) is 6.59. The van der Waals surface area contributed by atoms with Crippen molar-refractivity contribution in [2.24, 2.45) is 0 Å². The van der Waals surface area contributed by atoms with Crippen LogP contribution in [0.2, 0.25) is 0 Å². The molecule has 1 fully saturated rings. The lowest BCUT2D eigenvalue weighted by molar-refractivity contribution is -0.132. The first kappa shape index (κ1) is 21.2. The van der Waals surface area contributed by atoms with Gasteiger partial charge in [-0.25, -0.2) is 9.78 Å². The van der Waals surface area contributed by atoms with E-state index in [-0.39, 0.29) is 12.3 Å². The molecule has 0 spiro atoms. The zero-order valence-corrected chi connectivity index (χ0v) is 18.9. The zero-order valence-electron chi connectivity index (χ0n) is 18.9. The van der Waals surface area contributed by atoms with Crippen LogP contribution in [-0.4, -0.2) is 43.2 Å². The van der Waals surface area contributed by atoms with Gasteiger partial charge in [0.1, 0.15) is 11.6 Å². The van der Waals surface area contributed by atoms with E-state index >= 15 is 0 Å². The number of aryl methyl sites for hydroxylation is 3. The second-order valence-corrected chi connectivity index (χ2v) is 8.61. The molecule has 1 aromatic carbocycles. The summed E-state index contributed by atoms with van der Waals surface area (Å²) in [7, 11) is 0. The Hall–Kier alpha value is -3.62. The molecule has 1 saturated heterocycles. The maximum atomic E-state index is 12.8. The summed E-state index contributed by atoms with van der Waals surface area (Å²) < 4.78 is 14.2. The highest BCUT2D eigenvalue weighted by molar-refractivity contribution is 5.77. The van der Waals surface area contributed by atoms with Crippen molar-refractivity contribution in [1.29, 1.82) is 0 Å². The second-order valence-electron chi connectivity index (χ2n) is 8.61. The van der Waals surface area contributed by atoms with Crippen LogP contribution >= 0.6 is 0 Å². The normalized spacial score (nSPS) is 14.9. The van der Waals surface area contributed by atoms with Crippen molar-refractivity contribution in [3.8, 4) is 0 Å². The smallest absolute Gasteiger partial charge is 0.408 e.